The van der Waals surface area contributed by atoms with Gasteiger partial charge >= 0.3 is 6.03 Å². The number of rotatable bonds is 5. The summed E-state index contributed by atoms with van der Waals surface area (Å²) in [5.74, 6) is 0.534. The highest BCUT2D eigenvalue weighted by Gasteiger charge is 2.23. The highest BCUT2D eigenvalue weighted by Crippen LogP contribution is 2.33. The summed E-state index contributed by atoms with van der Waals surface area (Å²) in [5, 5.41) is 2.87. The van der Waals surface area contributed by atoms with E-state index in [1.54, 1.807) is 42.1 Å². The molecule has 1 fully saturated rings. The maximum atomic E-state index is 12.3. The Morgan fingerprint density at radius 3 is 3.04 bits per heavy atom. The van der Waals surface area contributed by atoms with Crippen molar-refractivity contribution < 1.29 is 19.1 Å². The first-order chi connectivity index (χ1) is 12.0. The van der Waals surface area contributed by atoms with E-state index in [0.717, 1.165) is 32.3 Å². The second-order valence-corrected chi connectivity index (χ2v) is 6.55. The molecule has 0 spiro atoms. The summed E-state index contributed by atoms with van der Waals surface area (Å²) in [6.07, 6.45) is 4.52. The molecule has 3 rings (SSSR count). The molecule has 0 aromatic heterocycles. The zero-order valence-corrected chi connectivity index (χ0v) is 14.8. The molecule has 1 saturated heterocycles. The van der Waals surface area contributed by atoms with Crippen LogP contribution in [0.3, 0.4) is 0 Å². The van der Waals surface area contributed by atoms with Crippen LogP contribution < -0.4 is 15.0 Å². The molecule has 136 valence electrons. The summed E-state index contributed by atoms with van der Waals surface area (Å²) in [4.78, 5) is 27.3. The van der Waals surface area contributed by atoms with Crippen molar-refractivity contribution in [1.82, 2.24) is 4.90 Å². The Hall–Kier alpha value is -2.28. The van der Waals surface area contributed by atoms with Gasteiger partial charge in [0.15, 0.2) is 6.61 Å². The van der Waals surface area contributed by atoms with E-state index in [-0.39, 0.29) is 18.5 Å². The summed E-state index contributed by atoms with van der Waals surface area (Å²) in [7, 11) is 3.48. The van der Waals surface area contributed by atoms with Gasteiger partial charge in [0.2, 0.25) is 0 Å². The first-order valence-corrected chi connectivity index (χ1v) is 8.71. The molecule has 0 aliphatic carbocycles. The van der Waals surface area contributed by atoms with E-state index in [2.05, 4.69) is 5.32 Å². The van der Waals surface area contributed by atoms with Gasteiger partial charge in [0.1, 0.15) is 5.75 Å². The minimum absolute atomic E-state index is 0.0443. The van der Waals surface area contributed by atoms with E-state index < -0.39 is 0 Å². The van der Waals surface area contributed by atoms with E-state index in [1.807, 2.05) is 0 Å². The van der Waals surface area contributed by atoms with Crippen LogP contribution in [0.5, 0.6) is 5.75 Å². The largest absolute Gasteiger partial charge is 0.482 e. The minimum Gasteiger partial charge on any atom is -0.482 e. The van der Waals surface area contributed by atoms with E-state index >= 15 is 0 Å². The molecule has 0 saturated carbocycles. The third kappa shape index (κ3) is 4.22. The molecule has 25 heavy (non-hydrogen) atoms. The third-order valence-corrected chi connectivity index (χ3v) is 4.69. The summed E-state index contributed by atoms with van der Waals surface area (Å²) < 4.78 is 11.0. The van der Waals surface area contributed by atoms with Gasteiger partial charge in [-0.1, -0.05) is 0 Å². The lowest BCUT2D eigenvalue weighted by atomic mass is 10.1. The summed E-state index contributed by atoms with van der Waals surface area (Å²) >= 11 is 0. The molecule has 1 aromatic rings. The second-order valence-electron chi connectivity index (χ2n) is 6.55. The van der Waals surface area contributed by atoms with Crippen LogP contribution in [0.1, 0.15) is 25.7 Å². The highest BCUT2D eigenvalue weighted by atomic mass is 16.5. The Morgan fingerprint density at radius 2 is 2.28 bits per heavy atom. The quantitative estimate of drug-likeness (QED) is 0.888. The fraction of sp³-hybridized carbons (Fsp3) is 0.556. The van der Waals surface area contributed by atoms with Crippen molar-refractivity contribution in [2.45, 2.75) is 31.8 Å². The van der Waals surface area contributed by atoms with Gasteiger partial charge in [-0.25, -0.2) is 4.79 Å². The maximum absolute atomic E-state index is 12.3. The third-order valence-electron chi connectivity index (χ3n) is 4.69. The van der Waals surface area contributed by atoms with Crippen molar-refractivity contribution in [2.75, 3.05) is 44.1 Å². The number of hydrogen-bond acceptors (Lipinski definition) is 4. The van der Waals surface area contributed by atoms with Crippen molar-refractivity contribution in [3.05, 3.63) is 18.2 Å². The molecular weight excluding hydrogens is 322 g/mol. The van der Waals surface area contributed by atoms with Crippen LogP contribution in [0.2, 0.25) is 0 Å². The number of amides is 3. The Morgan fingerprint density at radius 1 is 1.44 bits per heavy atom. The Kier molecular flexibility index (Phi) is 5.43. The highest BCUT2D eigenvalue weighted by molar-refractivity contribution is 5.99. The number of likely N-dealkylation sites (N-methyl/N-ethyl adjacent to an activating group) is 1. The summed E-state index contributed by atoms with van der Waals surface area (Å²) in [5.41, 5.74) is 1.30. The number of hydrogen-bond donors (Lipinski definition) is 1. The van der Waals surface area contributed by atoms with Gasteiger partial charge < -0.3 is 24.6 Å². The normalized spacial score (nSPS) is 19.4. The van der Waals surface area contributed by atoms with Crippen LogP contribution in [0, 0.1) is 0 Å². The Bertz CT molecular complexity index is 643. The molecule has 1 atom stereocenters. The van der Waals surface area contributed by atoms with Crippen LogP contribution in [0.4, 0.5) is 16.2 Å². The molecule has 0 radical (unpaired) electrons. The number of carbonyl (C=O) groups excluding carboxylic acids is 2. The average molecular weight is 347 g/mol. The number of nitrogens with one attached hydrogen (secondary N) is 1. The maximum Gasteiger partial charge on any atom is 0.321 e. The predicted octanol–water partition coefficient (Wildman–Crippen LogP) is 2.46. The van der Waals surface area contributed by atoms with Crippen LogP contribution in [-0.2, 0) is 9.53 Å². The Labute approximate surface area is 147 Å². The van der Waals surface area contributed by atoms with Crippen molar-refractivity contribution >= 4 is 23.3 Å². The summed E-state index contributed by atoms with van der Waals surface area (Å²) in [6.45, 7) is 1.58. The fourth-order valence-corrected chi connectivity index (χ4v) is 3.10. The number of carbonyl (C=O) groups is 2. The van der Waals surface area contributed by atoms with Gasteiger partial charge in [0.05, 0.1) is 11.8 Å². The second kappa shape index (κ2) is 7.74. The van der Waals surface area contributed by atoms with Crippen LogP contribution >= 0.6 is 0 Å². The first-order valence-electron chi connectivity index (χ1n) is 8.71. The average Bonchev–Trinajstić information content (AvgIpc) is 3.12. The zero-order valence-electron chi connectivity index (χ0n) is 14.8. The number of fused-ring (bicyclic) bond motifs is 1. The van der Waals surface area contributed by atoms with Crippen molar-refractivity contribution in [2.24, 2.45) is 0 Å². The predicted molar refractivity (Wildman–Crippen MR) is 95.2 cm³/mol. The van der Waals surface area contributed by atoms with E-state index in [4.69, 9.17) is 9.47 Å². The van der Waals surface area contributed by atoms with Gasteiger partial charge in [0.25, 0.3) is 5.91 Å². The van der Waals surface area contributed by atoms with Gasteiger partial charge in [-0.15, -0.1) is 0 Å². The van der Waals surface area contributed by atoms with Crippen molar-refractivity contribution in [3.63, 3.8) is 0 Å². The molecule has 0 bridgehead atoms. The van der Waals surface area contributed by atoms with Gasteiger partial charge in [0, 0.05) is 32.9 Å². The first kappa shape index (κ1) is 17.5. The molecule has 7 heteroatoms. The number of nitrogens with zero attached hydrogens (tertiary/aromatic N) is 2. The van der Waals surface area contributed by atoms with Gasteiger partial charge in [-0.2, -0.15) is 0 Å². The van der Waals surface area contributed by atoms with E-state index in [9.17, 15) is 9.59 Å². The van der Waals surface area contributed by atoms with Crippen molar-refractivity contribution in [3.8, 4) is 5.75 Å². The van der Waals surface area contributed by atoms with Crippen LogP contribution in [0.25, 0.3) is 0 Å². The minimum atomic E-state index is -0.169. The molecule has 0 unspecified atom stereocenters. The lowest BCUT2D eigenvalue weighted by molar-refractivity contribution is -0.120. The SMILES string of the molecule is CN(CCC[C@H]1CCCO1)C(=O)Nc1ccc2c(c1)N(C)C(=O)CO2. The lowest BCUT2D eigenvalue weighted by Crippen LogP contribution is -2.36. The smallest absolute Gasteiger partial charge is 0.321 e. The standard InChI is InChI=1S/C18H25N3O4/c1-20(9-3-5-14-6-4-10-24-14)18(23)19-13-7-8-16-15(11-13)21(2)17(22)12-25-16/h7-8,11,14H,3-6,9-10,12H2,1-2H3,(H,19,23)/t14-/m0/s1. The van der Waals surface area contributed by atoms with E-state index in [0.29, 0.717) is 29.8 Å². The molecule has 1 aromatic carbocycles. The van der Waals surface area contributed by atoms with Crippen molar-refractivity contribution in [1.29, 1.82) is 0 Å². The van der Waals surface area contributed by atoms with Crippen LogP contribution in [-0.4, -0.2) is 56.8 Å². The number of anilines is 2. The molecular formula is C18H25N3O4. The molecule has 2 heterocycles. The fourth-order valence-electron chi connectivity index (χ4n) is 3.10. The van der Waals surface area contributed by atoms with E-state index in [1.165, 1.54) is 0 Å². The monoisotopic (exact) mass is 347 g/mol. The van der Waals surface area contributed by atoms with Gasteiger partial charge in [-0.3, -0.25) is 4.79 Å². The lowest BCUT2D eigenvalue weighted by Gasteiger charge is -2.26. The molecule has 2 aliphatic heterocycles. The summed E-state index contributed by atoms with van der Waals surface area (Å²) in [6, 6.07) is 5.13. The number of ether oxygens (including phenoxy) is 2. The number of benzene rings is 1. The van der Waals surface area contributed by atoms with Gasteiger partial charge in [-0.05, 0) is 43.9 Å². The zero-order chi connectivity index (χ0) is 17.8. The van der Waals surface area contributed by atoms with Crippen LogP contribution in [0.15, 0.2) is 18.2 Å². The number of urea groups is 1. The molecule has 1 N–H and O–H groups in total. The molecule has 2 aliphatic rings. The molecule has 7 nitrogen and oxygen atoms in total. The molecule has 3 amide bonds. The Balaban J connectivity index is 1.52. The topological polar surface area (TPSA) is 71.1 Å².